The van der Waals surface area contributed by atoms with Crippen LogP contribution >= 0.6 is 0 Å². The number of hydrogen-bond acceptors (Lipinski definition) is 5. The number of likely N-dealkylation sites (tertiary alicyclic amines) is 1. The van der Waals surface area contributed by atoms with Crippen LogP contribution in [0.2, 0.25) is 0 Å². The molecule has 0 bridgehead atoms. The van der Waals surface area contributed by atoms with Gasteiger partial charge in [-0.2, -0.15) is 0 Å². The van der Waals surface area contributed by atoms with Crippen LogP contribution in [0.3, 0.4) is 0 Å². The van der Waals surface area contributed by atoms with Gasteiger partial charge in [-0.3, -0.25) is 4.79 Å². The first-order chi connectivity index (χ1) is 11.6. The van der Waals surface area contributed by atoms with Gasteiger partial charge in [-0.05, 0) is 31.0 Å². The predicted octanol–water partition coefficient (Wildman–Crippen LogP) is 2.26. The lowest BCUT2D eigenvalue weighted by molar-refractivity contribution is -0.143. The second kappa shape index (κ2) is 7.05. The summed E-state index contributed by atoms with van der Waals surface area (Å²) in [6, 6.07) is 9.46. The molecule has 1 saturated heterocycles. The highest BCUT2D eigenvalue weighted by Crippen LogP contribution is 2.28. The summed E-state index contributed by atoms with van der Waals surface area (Å²) < 4.78 is 10.9. The number of aromatic nitrogens is 1. The van der Waals surface area contributed by atoms with Crippen molar-refractivity contribution in [1.29, 1.82) is 0 Å². The highest BCUT2D eigenvalue weighted by Gasteiger charge is 2.37. The number of ether oxygens (including phenoxy) is 1. The number of aryl methyl sites for hydroxylation is 1. The van der Waals surface area contributed by atoms with Crippen molar-refractivity contribution >= 4 is 5.91 Å². The summed E-state index contributed by atoms with van der Waals surface area (Å²) in [6.45, 7) is 4.98. The van der Waals surface area contributed by atoms with Crippen molar-refractivity contribution in [3.63, 3.8) is 0 Å². The van der Waals surface area contributed by atoms with Crippen LogP contribution in [-0.2, 0) is 11.4 Å². The third-order valence-corrected chi connectivity index (χ3v) is 4.26. The fourth-order valence-electron chi connectivity index (χ4n) is 2.81. The van der Waals surface area contributed by atoms with Crippen molar-refractivity contribution in [2.75, 3.05) is 13.1 Å². The van der Waals surface area contributed by atoms with Crippen LogP contribution in [0.25, 0.3) is 0 Å². The summed E-state index contributed by atoms with van der Waals surface area (Å²) in [6.07, 6.45) is 0.144. The Morgan fingerprint density at radius 2 is 2.25 bits per heavy atom. The summed E-state index contributed by atoms with van der Waals surface area (Å²) in [7, 11) is 0. The van der Waals surface area contributed by atoms with Crippen molar-refractivity contribution in [2.45, 2.75) is 38.9 Å². The van der Waals surface area contributed by atoms with Crippen molar-refractivity contribution in [3.05, 3.63) is 47.3 Å². The zero-order chi connectivity index (χ0) is 17.1. The summed E-state index contributed by atoms with van der Waals surface area (Å²) in [5, 5.41) is 13.0. The first kappa shape index (κ1) is 16.5. The SMILES string of the molecule is CCC(Oc1cccc(C)c1)C(=O)N1CC(c2cc(CO)on2)C1. The predicted molar refractivity (Wildman–Crippen MR) is 87.6 cm³/mol. The van der Waals surface area contributed by atoms with Crippen LogP contribution in [0.15, 0.2) is 34.9 Å². The molecule has 128 valence electrons. The Kier molecular flexibility index (Phi) is 4.85. The van der Waals surface area contributed by atoms with Crippen LogP contribution in [-0.4, -0.2) is 40.3 Å². The molecule has 3 rings (SSSR count). The van der Waals surface area contributed by atoms with E-state index in [-0.39, 0.29) is 18.4 Å². The number of nitrogens with zero attached hydrogens (tertiary/aromatic N) is 2. The van der Waals surface area contributed by atoms with Crippen molar-refractivity contribution < 1.29 is 19.2 Å². The summed E-state index contributed by atoms with van der Waals surface area (Å²) >= 11 is 0. The number of aliphatic hydroxyl groups excluding tert-OH is 1. The van der Waals surface area contributed by atoms with Crippen LogP contribution in [0.4, 0.5) is 0 Å². The molecular weight excluding hydrogens is 308 g/mol. The summed E-state index contributed by atoms with van der Waals surface area (Å²) in [5.74, 6) is 1.33. The summed E-state index contributed by atoms with van der Waals surface area (Å²) in [4.78, 5) is 14.4. The van der Waals surface area contributed by atoms with E-state index in [1.165, 1.54) is 0 Å². The largest absolute Gasteiger partial charge is 0.481 e. The van der Waals surface area contributed by atoms with E-state index in [4.69, 9.17) is 14.4 Å². The van der Waals surface area contributed by atoms with Crippen molar-refractivity contribution in [2.24, 2.45) is 0 Å². The Bertz CT molecular complexity index is 707. The second-order valence-corrected chi connectivity index (χ2v) is 6.15. The number of hydrogen-bond donors (Lipinski definition) is 1. The minimum Gasteiger partial charge on any atom is -0.481 e. The Balaban J connectivity index is 1.57. The molecule has 1 aromatic carbocycles. The minimum absolute atomic E-state index is 0.00105. The first-order valence-corrected chi connectivity index (χ1v) is 8.19. The van der Waals surface area contributed by atoms with Crippen molar-refractivity contribution in [1.82, 2.24) is 10.1 Å². The van der Waals surface area contributed by atoms with E-state index in [9.17, 15) is 4.79 Å². The molecule has 2 aromatic rings. The lowest BCUT2D eigenvalue weighted by atomic mass is 9.95. The van der Waals surface area contributed by atoms with Crippen LogP contribution in [0, 0.1) is 6.92 Å². The monoisotopic (exact) mass is 330 g/mol. The zero-order valence-corrected chi connectivity index (χ0v) is 13.9. The van der Waals surface area contributed by atoms with Gasteiger partial charge >= 0.3 is 0 Å². The van der Waals surface area contributed by atoms with Gasteiger partial charge in [0.2, 0.25) is 0 Å². The highest BCUT2D eigenvalue weighted by molar-refractivity contribution is 5.82. The van der Waals surface area contributed by atoms with Gasteiger partial charge < -0.3 is 19.3 Å². The molecule has 1 aromatic heterocycles. The Hall–Kier alpha value is -2.34. The maximum Gasteiger partial charge on any atom is 0.263 e. The van der Waals surface area contributed by atoms with Gasteiger partial charge in [0.05, 0.1) is 5.69 Å². The average Bonchev–Trinajstić information content (AvgIpc) is 2.99. The van der Waals surface area contributed by atoms with Crippen molar-refractivity contribution in [3.8, 4) is 5.75 Å². The third-order valence-electron chi connectivity index (χ3n) is 4.26. The third kappa shape index (κ3) is 3.43. The highest BCUT2D eigenvalue weighted by atomic mass is 16.5. The van der Waals surface area contributed by atoms with E-state index in [0.29, 0.717) is 25.3 Å². The molecule has 1 fully saturated rings. The zero-order valence-electron chi connectivity index (χ0n) is 13.9. The first-order valence-electron chi connectivity index (χ1n) is 8.19. The molecule has 1 atom stereocenters. The number of carbonyl (C=O) groups is 1. The standard InChI is InChI=1S/C18H22N2O4/c1-3-17(23-14-6-4-5-12(2)7-14)18(22)20-9-13(10-20)16-8-15(11-21)24-19-16/h4-8,13,17,21H,3,9-11H2,1-2H3. The molecule has 0 aliphatic carbocycles. The number of rotatable bonds is 6. The molecule has 1 aliphatic rings. The average molecular weight is 330 g/mol. The summed E-state index contributed by atoms with van der Waals surface area (Å²) in [5.41, 5.74) is 1.89. The topological polar surface area (TPSA) is 75.8 Å². The molecule has 1 aliphatic heterocycles. The molecule has 2 heterocycles. The fourth-order valence-corrected chi connectivity index (χ4v) is 2.81. The number of carbonyl (C=O) groups excluding carboxylic acids is 1. The van der Waals surface area contributed by atoms with Gasteiger partial charge in [0.15, 0.2) is 11.9 Å². The molecular formula is C18H22N2O4. The Morgan fingerprint density at radius 1 is 1.46 bits per heavy atom. The maximum absolute atomic E-state index is 12.6. The molecule has 0 saturated carbocycles. The Labute approximate surface area is 141 Å². The lowest BCUT2D eigenvalue weighted by Gasteiger charge is -2.39. The fraction of sp³-hybridized carbons (Fsp3) is 0.444. The van der Waals surface area contributed by atoms with E-state index in [1.54, 1.807) is 11.0 Å². The van der Waals surface area contributed by atoms with Crippen LogP contribution < -0.4 is 4.74 Å². The lowest BCUT2D eigenvalue weighted by Crippen LogP contribution is -2.53. The maximum atomic E-state index is 12.6. The Morgan fingerprint density at radius 3 is 2.88 bits per heavy atom. The van der Waals surface area contributed by atoms with Gasteiger partial charge in [0, 0.05) is 25.1 Å². The molecule has 0 radical (unpaired) electrons. The molecule has 6 heteroatoms. The number of benzene rings is 1. The number of amides is 1. The van der Waals surface area contributed by atoms with E-state index in [2.05, 4.69) is 5.16 Å². The van der Waals surface area contributed by atoms with Gasteiger partial charge in [0.25, 0.3) is 5.91 Å². The molecule has 6 nitrogen and oxygen atoms in total. The van der Waals surface area contributed by atoms with E-state index in [1.807, 2.05) is 38.1 Å². The van der Waals surface area contributed by atoms with E-state index in [0.717, 1.165) is 17.0 Å². The normalized spacial score (nSPS) is 15.9. The molecule has 24 heavy (non-hydrogen) atoms. The molecule has 1 amide bonds. The molecule has 1 unspecified atom stereocenters. The molecule has 1 N–H and O–H groups in total. The van der Waals surface area contributed by atoms with E-state index >= 15 is 0 Å². The molecule has 0 spiro atoms. The number of aliphatic hydroxyl groups is 1. The smallest absolute Gasteiger partial charge is 0.263 e. The van der Waals surface area contributed by atoms with Crippen LogP contribution in [0.1, 0.15) is 36.3 Å². The van der Waals surface area contributed by atoms with Gasteiger partial charge in [-0.25, -0.2) is 0 Å². The van der Waals surface area contributed by atoms with Gasteiger partial charge in [-0.15, -0.1) is 0 Å². The minimum atomic E-state index is -0.474. The quantitative estimate of drug-likeness (QED) is 0.879. The van der Waals surface area contributed by atoms with Gasteiger partial charge in [-0.1, -0.05) is 24.2 Å². The second-order valence-electron chi connectivity index (χ2n) is 6.15. The van der Waals surface area contributed by atoms with Crippen LogP contribution in [0.5, 0.6) is 5.75 Å². The van der Waals surface area contributed by atoms with E-state index < -0.39 is 6.10 Å². The van der Waals surface area contributed by atoms with Gasteiger partial charge in [0.1, 0.15) is 12.4 Å².